The highest BCUT2D eigenvalue weighted by molar-refractivity contribution is 6.07. The van der Waals surface area contributed by atoms with Gasteiger partial charge in [0.25, 0.3) is 11.8 Å². The molecule has 1 fully saturated rings. The van der Waals surface area contributed by atoms with Gasteiger partial charge in [-0.25, -0.2) is 0 Å². The Balaban J connectivity index is 2.62. The third-order valence-electron chi connectivity index (χ3n) is 1.32. The van der Waals surface area contributed by atoms with Crippen molar-refractivity contribution in [1.82, 2.24) is 10.9 Å². The van der Waals surface area contributed by atoms with E-state index in [0.717, 1.165) is 0 Å². The Kier molecular flexibility index (Phi) is 1.75. The lowest BCUT2D eigenvalue weighted by atomic mass is 10.1. The Labute approximate surface area is 61.5 Å². The van der Waals surface area contributed by atoms with Gasteiger partial charge in [-0.1, -0.05) is 0 Å². The van der Waals surface area contributed by atoms with E-state index < -0.39 is 30.1 Å². The van der Waals surface area contributed by atoms with Crippen LogP contribution in [0.25, 0.3) is 0 Å². The topological polar surface area (TPSA) is 95.5 Å². The summed E-state index contributed by atoms with van der Waals surface area (Å²) in [4.78, 5) is 31.4. The van der Waals surface area contributed by atoms with E-state index >= 15 is 0 Å². The molecule has 1 saturated heterocycles. The molecule has 1 aliphatic rings. The number of nitrogens with one attached hydrogen (secondary N) is 2. The number of rotatable bonds is 2. The minimum atomic E-state index is -1.16. The van der Waals surface area contributed by atoms with Crippen molar-refractivity contribution in [3.05, 3.63) is 0 Å². The van der Waals surface area contributed by atoms with Gasteiger partial charge in [-0.2, -0.15) is 0 Å². The summed E-state index contributed by atoms with van der Waals surface area (Å²) < 4.78 is 0. The van der Waals surface area contributed by atoms with Gasteiger partial charge in [0.05, 0.1) is 6.42 Å². The van der Waals surface area contributed by atoms with Crippen LogP contribution in [0.1, 0.15) is 6.42 Å². The van der Waals surface area contributed by atoms with Gasteiger partial charge in [0.2, 0.25) is 0 Å². The van der Waals surface area contributed by atoms with Crippen LogP contribution in [0.4, 0.5) is 0 Å². The van der Waals surface area contributed by atoms with Crippen molar-refractivity contribution in [3.8, 4) is 0 Å². The molecule has 1 heterocycles. The SMILES string of the molecule is O=C(O)CC1C(=O)NNC1=O. The highest BCUT2D eigenvalue weighted by Gasteiger charge is 2.34. The molecule has 0 radical (unpaired) electrons. The second-order valence-corrected chi connectivity index (χ2v) is 2.13. The lowest BCUT2D eigenvalue weighted by Crippen LogP contribution is -2.28. The van der Waals surface area contributed by atoms with Crippen LogP contribution >= 0.6 is 0 Å². The lowest BCUT2D eigenvalue weighted by molar-refractivity contribution is -0.142. The molecule has 0 atom stereocenters. The van der Waals surface area contributed by atoms with E-state index in [4.69, 9.17) is 5.11 Å². The maximum atomic E-state index is 10.7. The predicted molar refractivity (Wildman–Crippen MR) is 32.0 cm³/mol. The highest BCUT2D eigenvalue weighted by Crippen LogP contribution is 2.06. The molecule has 0 unspecified atom stereocenters. The predicted octanol–water partition coefficient (Wildman–Crippen LogP) is -1.76. The van der Waals surface area contributed by atoms with Gasteiger partial charge in [0.15, 0.2) is 0 Å². The zero-order chi connectivity index (χ0) is 8.43. The molecule has 0 aromatic carbocycles. The van der Waals surface area contributed by atoms with E-state index in [1.807, 2.05) is 10.9 Å². The van der Waals surface area contributed by atoms with Crippen molar-refractivity contribution in [1.29, 1.82) is 0 Å². The third-order valence-corrected chi connectivity index (χ3v) is 1.32. The summed E-state index contributed by atoms with van der Waals surface area (Å²) in [6, 6.07) is 0. The smallest absolute Gasteiger partial charge is 0.304 e. The van der Waals surface area contributed by atoms with E-state index in [-0.39, 0.29) is 0 Å². The van der Waals surface area contributed by atoms with Crippen molar-refractivity contribution in [2.24, 2.45) is 5.92 Å². The van der Waals surface area contributed by atoms with Crippen LogP contribution in [0.5, 0.6) is 0 Å². The van der Waals surface area contributed by atoms with Crippen LogP contribution in [-0.2, 0) is 14.4 Å². The molecule has 60 valence electrons. The summed E-state index contributed by atoms with van der Waals surface area (Å²) in [7, 11) is 0. The Morgan fingerprint density at radius 2 is 1.82 bits per heavy atom. The second kappa shape index (κ2) is 2.57. The lowest BCUT2D eigenvalue weighted by Gasteiger charge is -1.96. The van der Waals surface area contributed by atoms with Crippen molar-refractivity contribution < 1.29 is 19.5 Å². The zero-order valence-electron chi connectivity index (χ0n) is 5.46. The molecule has 1 aliphatic heterocycles. The average molecular weight is 158 g/mol. The largest absolute Gasteiger partial charge is 0.481 e. The van der Waals surface area contributed by atoms with Gasteiger partial charge in [0, 0.05) is 0 Å². The molecular weight excluding hydrogens is 152 g/mol. The number of carbonyl (C=O) groups excluding carboxylic acids is 2. The van der Waals surface area contributed by atoms with E-state index in [1.54, 1.807) is 0 Å². The number of hydrogen-bond acceptors (Lipinski definition) is 3. The Morgan fingerprint density at radius 1 is 1.36 bits per heavy atom. The van der Waals surface area contributed by atoms with Crippen LogP contribution in [0.3, 0.4) is 0 Å². The fraction of sp³-hybridized carbons (Fsp3) is 0.400. The van der Waals surface area contributed by atoms with Gasteiger partial charge in [-0.3, -0.25) is 25.2 Å². The number of amides is 2. The Bertz CT molecular complexity index is 209. The number of hydrazine groups is 1. The minimum absolute atomic E-state index is 0.461. The molecule has 0 spiro atoms. The molecule has 0 aromatic heterocycles. The van der Waals surface area contributed by atoms with Crippen LogP contribution in [0.15, 0.2) is 0 Å². The Morgan fingerprint density at radius 3 is 2.18 bits per heavy atom. The van der Waals surface area contributed by atoms with Crippen LogP contribution in [0, 0.1) is 5.92 Å². The summed E-state index contributed by atoms with van der Waals surface area (Å²) in [5, 5.41) is 8.25. The number of hydrogen-bond donors (Lipinski definition) is 3. The highest BCUT2D eigenvalue weighted by atomic mass is 16.4. The van der Waals surface area contributed by atoms with Crippen molar-refractivity contribution >= 4 is 17.8 Å². The first-order chi connectivity index (χ1) is 5.11. The van der Waals surface area contributed by atoms with Gasteiger partial charge in [0.1, 0.15) is 5.92 Å². The molecule has 6 heteroatoms. The van der Waals surface area contributed by atoms with Gasteiger partial charge in [-0.05, 0) is 0 Å². The molecule has 0 saturated carbocycles. The Hall–Kier alpha value is -1.59. The quantitative estimate of drug-likeness (QED) is 0.415. The maximum Gasteiger partial charge on any atom is 0.304 e. The maximum absolute atomic E-state index is 10.7. The molecule has 0 bridgehead atoms. The monoisotopic (exact) mass is 158 g/mol. The molecule has 2 amide bonds. The molecule has 1 rings (SSSR count). The summed E-state index contributed by atoms with van der Waals surface area (Å²) in [6.45, 7) is 0. The molecule has 0 aromatic rings. The second-order valence-electron chi connectivity index (χ2n) is 2.13. The van der Waals surface area contributed by atoms with Crippen LogP contribution in [-0.4, -0.2) is 22.9 Å². The molecular formula is C5H6N2O4. The molecule has 0 aliphatic carbocycles. The minimum Gasteiger partial charge on any atom is -0.481 e. The van der Waals surface area contributed by atoms with E-state index in [2.05, 4.69) is 0 Å². The van der Waals surface area contributed by atoms with Gasteiger partial charge >= 0.3 is 5.97 Å². The van der Waals surface area contributed by atoms with E-state index in [0.29, 0.717) is 0 Å². The standard InChI is InChI=1S/C5H6N2O4/c8-3(9)1-2-4(10)6-7-5(2)11/h2H,1H2,(H,6,10)(H,7,11)(H,8,9). The molecule has 11 heavy (non-hydrogen) atoms. The first kappa shape index (κ1) is 7.52. The number of aliphatic carboxylic acids is 1. The fourth-order valence-electron chi connectivity index (χ4n) is 0.777. The van der Waals surface area contributed by atoms with Crippen molar-refractivity contribution in [2.45, 2.75) is 6.42 Å². The zero-order valence-corrected chi connectivity index (χ0v) is 5.46. The van der Waals surface area contributed by atoms with Crippen LogP contribution in [0.2, 0.25) is 0 Å². The van der Waals surface area contributed by atoms with Gasteiger partial charge in [-0.15, -0.1) is 0 Å². The summed E-state index contributed by atoms with van der Waals surface area (Å²) in [5.74, 6) is -3.41. The number of carbonyl (C=O) groups is 3. The number of carboxylic acids is 1. The van der Waals surface area contributed by atoms with Gasteiger partial charge < -0.3 is 5.11 Å². The molecule has 6 nitrogen and oxygen atoms in total. The summed E-state index contributed by atoms with van der Waals surface area (Å²) in [5.41, 5.74) is 4.05. The average Bonchev–Trinajstić information content (AvgIpc) is 2.18. The number of carboxylic acid groups (broad SMARTS) is 1. The summed E-state index contributed by atoms with van der Waals surface area (Å²) >= 11 is 0. The van der Waals surface area contributed by atoms with E-state index in [9.17, 15) is 14.4 Å². The normalized spacial score (nSPS) is 17.8. The first-order valence-corrected chi connectivity index (χ1v) is 2.93. The molecule has 3 N–H and O–H groups in total. The van der Waals surface area contributed by atoms with Crippen molar-refractivity contribution in [2.75, 3.05) is 0 Å². The fourth-order valence-corrected chi connectivity index (χ4v) is 0.777. The van der Waals surface area contributed by atoms with E-state index in [1.165, 1.54) is 0 Å². The summed E-state index contributed by atoms with van der Waals surface area (Å²) in [6.07, 6.45) is -0.461. The van der Waals surface area contributed by atoms with Crippen molar-refractivity contribution in [3.63, 3.8) is 0 Å². The van der Waals surface area contributed by atoms with Crippen LogP contribution < -0.4 is 10.9 Å². The third kappa shape index (κ3) is 1.46. The first-order valence-electron chi connectivity index (χ1n) is 2.93.